The molecule has 19 heavy (non-hydrogen) atoms. The molecule has 0 saturated carbocycles. The van der Waals surface area contributed by atoms with E-state index in [1.54, 1.807) is 6.07 Å². The largest absolute Gasteiger partial charge is 0.493 e. The summed E-state index contributed by atoms with van der Waals surface area (Å²) in [4.78, 5) is 12.1. The number of hydrogen-bond donors (Lipinski definition) is 2. The molecule has 0 aromatic heterocycles. The van der Waals surface area contributed by atoms with Crippen molar-refractivity contribution in [2.75, 3.05) is 13.2 Å². The normalized spacial score (nSPS) is 13.8. The van der Waals surface area contributed by atoms with Crippen molar-refractivity contribution < 1.29 is 9.53 Å². The molecule has 0 saturated heterocycles. The van der Waals surface area contributed by atoms with Gasteiger partial charge in [0, 0.05) is 24.1 Å². The van der Waals surface area contributed by atoms with Gasteiger partial charge in [-0.25, -0.2) is 0 Å². The number of ether oxygens (including phenoxy) is 1. The summed E-state index contributed by atoms with van der Waals surface area (Å²) in [7, 11) is 0. The predicted molar refractivity (Wildman–Crippen MR) is 75.5 cm³/mol. The minimum Gasteiger partial charge on any atom is -0.493 e. The SMILES string of the molecule is CCC(N)(CC)CNC(=O)c1ccc2c(c1)CCO2. The molecule has 0 atom stereocenters. The third kappa shape index (κ3) is 3.07. The first-order chi connectivity index (χ1) is 9.08. The summed E-state index contributed by atoms with van der Waals surface area (Å²) in [5.74, 6) is 0.832. The van der Waals surface area contributed by atoms with Crippen LogP contribution >= 0.6 is 0 Å². The molecular weight excluding hydrogens is 240 g/mol. The molecule has 3 N–H and O–H groups in total. The van der Waals surface area contributed by atoms with Crippen molar-refractivity contribution in [3.05, 3.63) is 29.3 Å². The molecule has 0 radical (unpaired) electrons. The summed E-state index contributed by atoms with van der Waals surface area (Å²) >= 11 is 0. The van der Waals surface area contributed by atoms with Gasteiger partial charge in [-0.2, -0.15) is 0 Å². The maximum absolute atomic E-state index is 12.1. The Hall–Kier alpha value is -1.55. The molecule has 4 nitrogen and oxygen atoms in total. The summed E-state index contributed by atoms with van der Waals surface area (Å²) in [6, 6.07) is 5.58. The Morgan fingerprint density at radius 2 is 2.16 bits per heavy atom. The molecule has 1 aromatic rings. The van der Waals surface area contributed by atoms with Crippen molar-refractivity contribution in [3.8, 4) is 5.75 Å². The van der Waals surface area contributed by atoms with Gasteiger partial charge >= 0.3 is 0 Å². The van der Waals surface area contributed by atoms with Crippen LogP contribution in [0.4, 0.5) is 0 Å². The standard InChI is InChI=1S/C15H22N2O2/c1-3-15(16,4-2)10-17-14(18)12-5-6-13-11(9-12)7-8-19-13/h5-6,9H,3-4,7-8,10,16H2,1-2H3,(H,17,18). The Labute approximate surface area is 114 Å². The van der Waals surface area contributed by atoms with Crippen LogP contribution in [0.1, 0.15) is 42.6 Å². The lowest BCUT2D eigenvalue weighted by Gasteiger charge is -2.26. The lowest BCUT2D eigenvalue weighted by atomic mass is 9.94. The Morgan fingerprint density at radius 3 is 2.84 bits per heavy atom. The Balaban J connectivity index is 2.00. The van der Waals surface area contributed by atoms with Gasteiger partial charge in [-0.3, -0.25) is 4.79 Å². The molecule has 0 spiro atoms. The van der Waals surface area contributed by atoms with E-state index in [0.717, 1.165) is 30.6 Å². The highest BCUT2D eigenvalue weighted by molar-refractivity contribution is 5.94. The Kier molecular flexibility index (Phi) is 4.10. The fourth-order valence-electron chi connectivity index (χ4n) is 2.19. The number of fused-ring (bicyclic) bond motifs is 1. The molecule has 104 valence electrons. The van der Waals surface area contributed by atoms with E-state index in [1.165, 1.54) is 0 Å². The average molecular weight is 262 g/mol. The van der Waals surface area contributed by atoms with E-state index < -0.39 is 0 Å². The van der Waals surface area contributed by atoms with Crippen molar-refractivity contribution >= 4 is 5.91 Å². The van der Waals surface area contributed by atoms with Crippen LogP contribution in [0.15, 0.2) is 18.2 Å². The summed E-state index contributed by atoms with van der Waals surface area (Å²) < 4.78 is 5.43. The molecule has 0 aliphatic carbocycles. The highest BCUT2D eigenvalue weighted by Gasteiger charge is 2.22. The topological polar surface area (TPSA) is 64.3 Å². The van der Waals surface area contributed by atoms with Gasteiger partial charge in [0.15, 0.2) is 0 Å². The highest BCUT2D eigenvalue weighted by atomic mass is 16.5. The van der Waals surface area contributed by atoms with Gasteiger partial charge in [0.1, 0.15) is 5.75 Å². The number of nitrogens with two attached hydrogens (primary N) is 1. The first-order valence-corrected chi connectivity index (χ1v) is 6.91. The number of amides is 1. The van der Waals surface area contributed by atoms with E-state index in [1.807, 2.05) is 26.0 Å². The van der Waals surface area contributed by atoms with Crippen molar-refractivity contribution in [3.63, 3.8) is 0 Å². The molecule has 1 amide bonds. The molecular formula is C15H22N2O2. The van der Waals surface area contributed by atoms with E-state index in [9.17, 15) is 4.79 Å². The van der Waals surface area contributed by atoms with Gasteiger partial charge in [0.05, 0.1) is 6.61 Å². The summed E-state index contributed by atoms with van der Waals surface area (Å²) in [6.07, 6.45) is 2.57. The predicted octanol–water partition coefficient (Wildman–Crippen LogP) is 1.87. The van der Waals surface area contributed by atoms with Crippen LogP contribution in [0.5, 0.6) is 5.75 Å². The number of nitrogens with one attached hydrogen (secondary N) is 1. The first-order valence-electron chi connectivity index (χ1n) is 6.91. The molecule has 1 aliphatic heterocycles. The van der Waals surface area contributed by atoms with Gasteiger partial charge in [-0.05, 0) is 36.6 Å². The number of hydrogen-bond acceptors (Lipinski definition) is 3. The fraction of sp³-hybridized carbons (Fsp3) is 0.533. The van der Waals surface area contributed by atoms with Crippen molar-refractivity contribution in [1.82, 2.24) is 5.32 Å². The van der Waals surface area contributed by atoms with E-state index in [2.05, 4.69) is 5.32 Å². The van der Waals surface area contributed by atoms with Gasteiger partial charge in [0.25, 0.3) is 5.91 Å². The monoisotopic (exact) mass is 262 g/mol. The number of benzene rings is 1. The second-order valence-corrected chi connectivity index (χ2v) is 5.17. The molecule has 1 heterocycles. The minimum absolute atomic E-state index is 0.0635. The van der Waals surface area contributed by atoms with Crippen molar-refractivity contribution in [1.29, 1.82) is 0 Å². The molecule has 1 aromatic carbocycles. The Morgan fingerprint density at radius 1 is 1.42 bits per heavy atom. The zero-order valence-corrected chi connectivity index (χ0v) is 11.7. The quantitative estimate of drug-likeness (QED) is 0.851. The number of carbonyl (C=O) groups excluding carboxylic acids is 1. The minimum atomic E-state index is -0.310. The van der Waals surface area contributed by atoms with Crippen molar-refractivity contribution in [2.24, 2.45) is 5.73 Å². The second kappa shape index (κ2) is 5.61. The first kappa shape index (κ1) is 13.9. The second-order valence-electron chi connectivity index (χ2n) is 5.17. The van der Waals surface area contributed by atoms with Crippen LogP contribution in [-0.2, 0) is 6.42 Å². The van der Waals surface area contributed by atoms with Gasteiger partial charge < -0.3 is 15.8 Å². The molecule has 4 heteroatoms. The maximum atomic E-state index is 12.1. The van der Waals surface area contributed by atoms with Gasteiger partial charge in [-0.15, -0.1) is 0 Å². The fourth-order valence-corrected chi connectivity index (χ4v) is 2.19. The summed E-state index contributed by atoms with van der Waals surface area (Å²) in [5.41, 5.74) is 7.66. The highest BCUT2D eigenvalue weighted by Crippen LogP contribution is 2.25. The van der Waals surface area contributed by atoms with Crippen molar-refractivity contribution in [2.45, 2.75) is 38.6 Å². The van der Waals surface area contributed by atoms with Crippen LogP contribution in [-0.4, -0.2) is 24.6 Å². The molecule has 0 fully saturated rings. The third-order valence-corrected chi connectivity index (χ3v) is 3.96. The Bertz CT molecular complexity index is 467. The summed E-state index contributed by atoms with van der Waals surface area (Å²) in [5, 5.41) is 2.93. The van der Waals surface area contributed by atoms with Crippen LogP contribution in [0, 0.1) is 0 Å². The molecule has 1 aliphatic rings. The van der Waals surface area contributed by atoms with E-state index >= 15 is 0 Å². The smallest absolute Gasteiger partial charge is 0.251 e. The molecule has 0 bridgehead atoms. The number of rotatable bonds is 5. The van der Waals surface area contributed by atoms with Gasteiger partial charge in [0.2, 0.25) is 0 Å². The van der Waals surface area contributed by atoms with Crippen LogP contribution < -0.4 is 15.8 Å². The van der Waals surface area contributed by atoms with E-state index in [4.69, 9.17) is 10.5 Å². The van der Waals surface area contributed by atoms with Crippen LogP contribution in [0.25, 0.3) is 0 Å². The zero-order chi connectivity index (χ0) is 13.9. The summed E-state index contributed by atoms with van der Waals surface area (Å²) in [6.45, 7) is 5.30. The third-order valence-electron chi connectivity index (χ3n) is 3.96. The van der Waals surface area contributed by atoms with E-state index in [0.29, 0.717) is 18.7 Å². The van der Waals surface area contributed by atoms with Crippen LogP contribution in [0.3, 0.4) is 0 Å². The number of carbonyl (C=O) groups is 1. The molecule has 0 unspecified atom stereocenters. The van der Waals surface area contributed by atoms with Gasteiger partial charge in [-0.1, -0.05) is 13.8 Å². The zero-order valence-electron chi connectivity index (χ0n) is 11.7. The lowest BCUT2D eigenvalue weighted by Crippen LogP contribution is -2.49. The lowest BCUT2D eigenvalue weighted by molar-refractivity contribution is 0.0942. The maximum Gasteiger partial charge on any atom is 0.251 e. The van der Waals surface area contributed by atoms with Crippen LogP contribution in [0.2, 0.25) is 0 Å². The average Bonchev–Trinajstić information content (AvgIpc) is 2.91. The molecule has 2 rings (SSSR count). The van der Waals surface area contributed by atoms with E-state index in [-0.39, 0.29) is 11.4 Å².